The number of fused-ring (bicyclic) bond motifs is 3. The molecule has 2 N–H and O–H groups in total. The van der Waals surface area contributed by atoms with Crippen LogP contribution in [0.15, 0.2) is 47.4 Å². The minimum Gasteiger partial charge on any atom is -0.358 e. The van der Waals surface area contributed by atoms with Crippen LogP contribution < -0.4 is 4.72 Å². The van der Waals surface area contributed by atoms with Gasteiger partial charge in [-0.15, -0.1) is 0 Å². The number of rotatable bonds is 6. The Morgan fingerprint density at radius 3 is 2.68 bits per heavy atom. The molecule has 0 aliphatic heterocycles. The van der Waals surface area contributed by atoms with Gasteiger partial charge in [-0.25, -0.2) is 13.1 Å². The molecule has 0 amide bonds. The third kappa shape index (κ3) is 3.62. The molecule has 0 fully saturated rings. The molecule has 0 bridgehead atoms. The van der Waals surface area contributed by atoms with E-state index in [0.717, 1.165) is 47.8 Å². The number of H-pyrrole nitrogens is 1. The molecule has 4 rings (SSSR count). The van der Waals surface area contributed by atoms with Crippen LogP contribution >= 0.6 is 0 Å². The Bertz CT molecular complexity index is 1130. The van der Waals surface area contributed by atoms with Gasteiger partial charge in [0.05, 0.1) is 4.90 Å². The van der Waals surface area contributed by atoms with Crippen molar-refractivity contribution in [1.82, 2.24) is 9.71 Å². The lowest BCUT2D eigenvalue weighted by Crippen LogP contribution is -2.25. The molecule has 3 aromatic rings. The van der Waals surface area contributed by atoms with E-state index in [-0.39, 0.29) is 10.7 Å². The van der Waals surface area contributed by atoms with Crippen molar-refractivity contribution in [2.75, 3.05) is 6.54 Å². The number of hydrogen-bond acceptors (Lipinski definition) is 3. The number of carbonyl (C=O) groups is 1. The summed E-state index contributed by atoms with van der Waals surface area (Å²) >= 11 is 0. The van der Waals surface area contributed by atoms with Crippen molar-refractivity contribution < 1.29 is 13.2 Å². The summed E-state index contributed by atoms with van der Waals surface area (Å²) in [6.07, 6.45) is 3.78. The van der Waals surface area contributed by atoms with Crippen LogP contribution in [0.2, 0.25) is 0 Å². The molecule has 0 saturated heterocycles. The van der Waals surface area contributed by atoms with Gasteiger partial charge in [0.25, 0.3) is 0 Å². The zero-order chi connectivity index (χ0) is 19.7. The number of aryl methyl sites for hydroxylation is 3. The quantitative estimate of drug-likeness (QED) is 0.620. The number of carbonyl (C=O) groups excluding carboxylic acids is 1. The SMILES string of the molecule is Cc1cc2c3c([nH]c2cc1S(=O)(=O)NCCCc1ccccc1)CCCC3=O. The Morgan fingerprint density at radius 1 is 1.11 bits per heavy atom. The molecule has 146 valence electrons. The van der Waals surface area contributed by atoms with Gasteiger partial charge in [-0.3, -0.25) is 4.79 Å². The maximum Gasteiger partial charge on any atom is 0.240 e. The second-order valence-electron chi connectivity index (χ2n) is 7.41. The first-order chi connectivity index (χ1) is 13.5. The molecule has 1 aromatic heterocycles. The van der Waals surface area contributed by atoms with Gasteiger partial charge in [-0.05, 0) is 55.9 Å². The normalized spacial score (nSPS) is 14.4. The van der Waals surface area contributed by atoms with Gasteiger partial charge in [0.2, 0.25) is 10.0 Å². The number of ketones is 1. The molecular formula is C22H24N2O3S. The van der Waals surface area contributed by atoms with Crippen molar-refractivity contribution in [1.29, 1.82) is 0 Å². The minimum absolute atomic E-state index is 0.140. The van der Waals surface area contributed by atoms with Crippen molar-refractivity contribution in [3.63, 3.8) is 0 Å². The molecule has 1 aliphatic carbocycles. The highest BCUT2D eigenvalue weighted by Crippen LogP contribution is 2.32. The van der Waals surface area contributed by atoms with E-state index < -0.39 is 10.0 Å². The first kappa shape index (κ1) is 18.9. The lowest BCUT2D eigenvalue weighted by molar-refractivity contribution is 0.0974. The van der Waals surface area contributed by atoms with Crippen molar-refractivity contribution in [2.45, 2.75) is 43.9 Å². The summed E-state index contributed by atoms with van der Waals surface area (Å²) in [7, 11) is -3.61. The highest BCUT2D eigenvalue weighted by Gasteiger charge is 2.25. The zero-order valence-corrected chi connectivity index (χ0v) is 16.7. The predicted molar refractivity (Wildman–Crippen MR) is 110 cm³/mol. The standard InChI is InChI=1S/C22H24N2O3S/c1-15-13-17-19(24-18-10-5-11-20(25)22(17)18)14-21(15)28(26,27)23-12-6-9-16-7-3-2-4-8-16/h2-4,7-8,13-14,23-24H,5-6,9-12H2,1H3. The van der Waals surface area contributed by atoms with E-state index in [0.29, 0.717) is 18.5 Å². The van der Waals surface area contributed by atoms with E-state index in [2.05, 4.69) is 9.71 Å². The molecule has 0 unspecified atom stereocenters. The van der Waals surface area contributed by atoms with Crippen LogP contribution in [0.25, 0.3) is 10.9 Å². The average Bonchev–Trinajstić information content (AvgIpc) is 3.04. The first-order valence-electron chi connectivity index (χ1n) is 9.68. The van der Waals surface area contributed by atoms with Gasteiger partial charge < -0.3 is 4.98 Å². The topological polar surface area (TPSA) is 79.0 Å². The van der Waals surface area contributed by atoms with E-state index in [9.17, 15) is 13.2 Å². The predicted octanol–water partition coefficient (Wildman–Crippen LogP) is 3.91. The zero-order valence-electron chi connectivity index (χ0n) is 15.9. The molecule has 0 spiro atoms. The second kappa shape index (κ2) is 7.53. The minimum atomic E-state index is -3.61. The summed E-state index contributed by atoms with van der Waals surface area (Å²) in [5.41, 5.74) is 4.24. The number of hydrogen-bond donors (Lipinski definition) is 2. The highest BCUT2D eigenvalue weighted by molar-refractivity contribution is 7.89. The maximum atomic E-state index is 12.8. The summed E-state index contributed by atoms with van der Waals surface area (Å²) < 4.78 is 28.4. The Hall–Kier alpha value is -2.44. The van der Waals surface area contributed by atoms with E-state index in [1.807, 2.05) is 36.4 Å². The molecule has 0 atom stereocenters. The molecule has 0 saturated carbocycles. The van der Waals surface area contributed by atoms with Crippen LogP contribution in [-0.4, -0.2) is 25.7 Å². The molecule has 2 aromatic carbocycles. The molecule has 5 nitrogen and oxygen atoms in total. The third-order valence-electron chi connectivity index (χ3n) is 5.35. The largest absolute Gasteiger partial charge is 0.358 e. The number of nitrogens with one attached hydrogen (secondary N) is 2. The van der Waals surface area contributed by atoms with Crippen LogP contribution in [0.5, 0.6) is 0 Å². The molecule has 1 aliphatic rings. The van der Waals surface area contributed by atoms with Crippen LogP contribution in [0, 0.1) is 6.92 Å². The summed E-state index contributed by atoms with van der Waals surface area (Å²) in [5.74, 6) is 0.140. The fraction of sp³-hybridized carbons (Fsp3) is 0.318. The van der Waals surface area contributed by atoms with Crippen molar-refractivity contribution in [3.05, 3.63) is 64.8 Å². The lowest BCUT2D eigenvalue weighted by atomic mass is 9.94. The van der Waals surface area contributed by atoms with Crippen LogP contribution in [-0.2, 0) is 22.9 Å². The van der Waals surface area contributed by atoms with Gasteiger partial charge in [-0.1, -0.05) is 30.3 Å². The third-order valence-corrected chi connectivity index (χ3v) is 6.95. The number of aromatic nitrogens is 1. The monoisotopic (exact) mass is 396 g/mol. The summed E-state index contributed by atoms with van der Waals surface area (Å²) in [6, 6.07) is 13.5. The van der Waals surface area contributed by atoms with E-state index in [1.54, 1.807) is 13.0 Å². The van der Waals surface area contributed by atoms with Crippen molar-refractivity contribution in [2.24, 2.45) is 0 Å². The molecular weight excluding hydrogens is 372 g/mol. The van der Waals surface area contributed by atoms with Crippen LogP contribution in [0.1, 0.15) is 46.4 Å². The van der Waals surface area contributed by atoms with Gasteiger partial charge in [-0.2, -0.15) is 0 Å². The first-order valence-corrected chi connectivity index (χ1v) is 11.2. The number of sulfonamides is 1. The summed E-state index contributed by atoms with van der Waals surface area (Å²) in [6.45, 7) is 2.17. The van der Waals surface area contributed by atoms with E-state index in [4.69, 9.17) is 0 Å². The smallest absolute Gasteiger partial charge is 0.240 e. The number of Topliss-reactive ketones (excluding diaryl/α,β-unsaturated/α-hetero) is 1. The number of aromatic amines is 1. The van der Waals surface area contributed by atoms with E-state index >= 15 is 0 Å². The molecule has 1 heterocycles. The van der Waals surface area contributed by atoms with Crippen LogP contribution in [0.4, 0.5) is 0 Å². The Kier molecular flexibility index (Phi) is 5.08. The fourth-order valence-electron chi connectivity index (χ4n) is 3.95. The Balaban J connectivity index is 1.54. The Labute approximate surface area is 165 Å². The van der Waals surface area contributed by atoms with Gasteiger partial charge in [0.1, 0.15) is 0 Å². The highest BCUT2D eigenvalue weighted by atomic mass is 32.2. The van der Waals surface area contributed by atoms with E-state index in [1.165, 1.54) is 5.56 Å². The molecule has 28 heavy (non-hydrogen) atoms. The summed E-state index contributed by atoms with van der Waals surface area (Å²) in [5, 5.41) is 0.834. The molecule has 0 radical (unpaired) electrons. The average molecular weight is 397 g/mol. The van der Waals surface area contributed by atoms with Crippen LogP contribution in [0.3, 0.4) is 0 Å². The maximum absolute atomic E-state index is 12.8. The number of benzene rings is 2. The second-order valence-corrected chi connectivity index (χ2v) is 9.14. The van der Waals surface area contributed by atoms with Crippen molar-refractivity contribution in [3.8, 4) is 0 Å². The fourth-order valence-corrected chi connectivity index (χ4v) is 5.28. The van der Waals surface area contributed by atoms with Gasteiger partial charge >= 0.3 is 0 Å². The summed E-state index contributed by atoms with van der Waals surface area (Å²) in [4.78, 5) is 15.8. The van der Waals surface area contributed by atoms with Gasteiger partial charge in [0.15, 0.2) is 5.78 Å². The van der Waals surface area contributed by atoms with Gasteiger partial charge in [0, 0.05) is 35.1 Å². The molecule has 6 heteroatoms. The lowest BCUT2D eigenvalue weighted by Gasteiger charge is -2.11. The Morgan fingerprint density at radius 2 is 1.89 bits per heavy atom. The van der Waals surface area contributed by atoms with Crippen molar-refractivity contribution >= 4 is 26.7 Å².